The number of halogens is 1. The van der Waals surface area contributed by atoms with Gasteiger partial charge in [-0.25, -0.2) is 0 Å². The number of fused-ring (bicyclic) bond motifs is 2. The Labute approximate surface area is 252 Å². The number of hydrogen-bond donors (Lipinski definition) is 3. The first-order valence-electron chi connectivity index (χ1n) is 14.7. The number of carbonyl (C=O) groups is 2. The summed E-state index contributed by atoms with van der Waals surface area (Å²) in [5, 5.41) is 10.7. The molecule has 2 aromatic carbocycles. The number of carbonyl (C=O) groups excluding carboxylic acids is 2. The van der Waals surface area contributed by atoms with E-state index in [4.69, 9.17) is 11.6 Å². The van der Waals surface area contributed by atoms with Gasteiger partial charge < -0.3 is 29.4 Å². The largest absolute Gasteiger partial charge is 0.384 e. The minimum absolute atomic E-state index is 0.171. The lowest BCUT2D eigenvalue weighted by Crippen LogP contribution is -2.36. The molecule has 9 heteroatoms. The maximum absolute atomic E-state index is 14.3. The second-order valence-electron chi connectivity index (χ2n) is 14.3. The molecule has 0 saturated carbocycles. The Kier molecular flexibility index (Phi) is 10.5. The van der Waals surface area contributed by atoms with E-state index in [0.29, 0.717) is 58.4 Å². The third-order valence-corrected chi connectivity index (χ3v) is 7.55. The van der Waals surface area contributed by atoms with Gasteiger partial charge in [-0.1, -0.05) is 11.6 Å². The minimum atomic E-state index is -0.210. The maximum Gasteiger partial charge on any atom is 0.198 e. The van der Waals surface area contributed by atoms with E-state index in [2.05, 4.69) is 79.4 Å². The summed E-state index contributed by atoms with van der Waals surface area (Å²) in [6.07, 6.45) is 2.80. The molecule has 3 N–H and O–H groups in total. The number of hydrogen-bond acceptors (Lipinski definition) is 5. The molecule has 0 spiro atoms. The lowest BCUT2D eigenvalue weighted by Gasteiger charge is -2.27. The third-order valence-electron chi connectivity index (χ3n) is 7.23. The molecule has 41 heavy (non-hydrogen) atoms. The van der Waals surface area contributed by atoms with Crippen molar-refractivity contribution in [2.45, 2.75) is 19.3 Å². The van der Waals surface area contributed by atoms with E-state index in [-0.39, 0.29) is 17.1 Å². The fourth-order valence-electron chi connectivity index (χ4n) is 5.13. The smallest absolute Gasteiger partial charge is 0.198 e. The van der Waals surface area contributed by atoms with Gasteiger partial charge in [-0.2, -0.15) is 0 Å². The predicted molar refractivity (Wildman–Crippen MR) is 173 cm³/mol. The zero-order valence-electron chi connectivity index (χ0n) is 26.7. The van der Waals surface area contributed by atoms with Crippen molar-refractivity contribution in [3.05, 3.63) is 51.5 Å². The highest BCUT2D eigenvalue weighted by molar-refractivity contribution is 6.41. The van der Waals surface area contributed by atoms with Crippen molar-refractivity contribution in [2.75, 3.05) is 119 Å². The van der Waals surface area contributed by atoms with E-state index >= 15 is 0 Å². The van der Waals surface area contributed by atoms with Crippen LogP contribution in [0.1, 0.15) is 51.1 Å². The maximum atomic E-state index is 14.3. The molecule has 226 valence electrons. The second-order valence-corrected chi connectivity index (χ2v) is 14.7. The molecule has 0 aromatic heterocycles. The molecule has 1 aliphatic rings. The summed E-state index contributed by atoms with van der Waals surface area (Å²) in [4.78, 5) is 28.5. The highest BCUT2D eigenvalue weighted by Gasteiger charge is 2.37. The van der Waals surface area contributed by atoms with Crippen LogP contribution in [0.3, 0.4) is 0 Å². The third kappa shape index (κ3) is 9.17. The van der Waals surface area contributed by atoms with Gasteiger partial charge in [0.15, 0.2) is 11.6 Å². The number of anilines is 3. The molecule has 0 fully saturated rings. The van der Waals surface area contributed by atoms with Crippen LogP contribution in [0.4, 0.5) is 17.1 Å². The van der Waals surface area contributed by atoms with Crippen molar-refractivity contribution in [1.82, 2.24) is 0 Å². The van der Waals surface area contributed by atoms with Gasteiger partial charge in [0.2, 0.25) is 0 Å². The van der Waals surface area contributed by atoms with Gasteiger partial charge in [0.25, 0.3) is 0 Å². The normalized spacial score (nSPS) is 13.6. The number of rotatable bonds is 15. The van der Waals surface area contributed by atoms with Gasteiger partial charge >= 0.3 is 0 Å². The molecule has 8 nitrogen and oxygen atoms in total. The number of nitrogens with one attached hydrogen (secondary N) is 3. The molecule has 0 amide bonds. The van der Waals surface area contributed by atoms with E-state index in [9.17, 15) is 9.59 Å². The highest BCUT2D eigenvalue weighted by atomic mass is 35.5. The van der Waals surface area contributed by atoms with E-state index in [1.165, 1.54) is 0 Å². The van der Waals surface area contributed by atoms with Gasteiger partial charge in [-0.3, -0.25) is 9.59 Å². The lowest BCUT2D eigenvalue weighted by molar-refractivity contribution is -0.870. The molecule has 0 saturated heterocycles. The summed E-state index contributed by atoms with van der Waals surface area (Å²) in [5.41, 5.74) is 3.54. The van der Waals surface area contributed by atoms with Crippen LogP contribution in [0.5, 0.6) is 0 Å². The van der Waals surface area contributed by atoms with E-state index < -0.39 is 0 Å². The van der Waals surface area contributed by atoms with Crippen LogP contribution in [0.2, 0.25) is 5.02 Å². The van der Waals surface area contributed by atoms with Crippen LogP contribution in [0, 0.1) is 0 Å². The van der Waals surface area contributed by atoms with Crippen LogP contribution in [0.15, 0.2) is 24.3 Å². The van der Waals surface area contributed by atoms with Crippen LogP contribution >= 0.6 is 11.6 Å². The van der Waals surface area contributed by atoms with Crippen LogP contribution in [0.25, 0.3) is 0 Å². The van der Waals surface area contributed by atoms with Crippen molar-refractivity contribution in [3.8, 4) is 0 Å². The van der Waals surface area contributed by atoms with E-state index in [1.807, 2.05) is 18.2 Å². The number of ketones is 2. The monoisotopic (exact) mass is 587 g/mol. The molecule has 0 aliphatic heterocycles. The van der Waals surface area contributed by atoms with Gasteiger partial charge in [0.1, 0.15) is 0 Å². The lowest BCUT2D eigenvalue weighted by atomic mass is 9.81. The SMILES string of the molecule is C[N+](C)(C)CCCNc1ccc(Cl)c2c1C(=O)c1c(NCCC[N+](C)(C)C)ccc(NCCC[N+](C)(C)C)c1C2=O. The molecule has 3 rings (SSSR count). The quantitative estimate of drug-likeness (QED) is 0.179. The molecular weight excluding hydrogens is 536 g/mol. The average Bonchev–Trinajstić information content (AvgIpc) is 2.84. The Balaban J connectivity index is 1.98. The summed E-state index contributed by atoms with van der Waals surface area (Å²) in [7, 11) is 19.5. The molecule has 0 heterocycles. The summed E-state index contributed by atoms with van der Waals surface area (Å²) in [6.45, 7) is 5.08. The standard InChI is InChI=1S/C32H50ClN6O2/c1-37(2,3)20-10-17-34-24-14-13-23(33)27-28(24)32(41)30-26(36-19-12-22-39(7,8)9)16-15-25(29(30)31(27)40)35-18-11-21-38(4,5)6/h13-16H,10-12,17-22H2,1-9H3,(H-2,34,35,36,40,41)/q+1/p+2. The topological polar surface area (TPSA) is 70.2 Å². The molecule has 0 unspecified atom stereocenters. The Morgan fingerprint density at radius 1 is 0.512 bits per heavy atom. The highest BCUT2D eigenvalue weighted by Crippen LogP contribution is 2.41. The Morgan fingerprint density at radius 3 is 1.15 bits per heavy atom. The number of benzene rings is 2. The zero-order valence-corrected chi connectivity index (χ0v) is 27.5. The minimum Gasteiger partial charge on any atom is -0.384 e. The van der Waals surface area contributed by atoms with Gasteiger partial charge in [0.05, 0.1) is 110 Å². The van der Waals surface area contributed by atoms with Gasteiger partial charge in [-0.15, -0.1) is 0 Å². The predicted octanol–water partition coefficient (Wildman–Crippen LogP) is 4.64. The second kappa shape index (κ2) is 13.1. The van der Waals surface area contributed by atoms with Gasteiger partial charge in [-0.05, 0) is 24.3 Å². The van der Waals surface area contributed by atoms with Crippen molar-refractivity contribution >= 4 is 40.2 Å². The summed E-state index contributed by atoms with van der Waals surface area (Å²) >= 11 is 6.63. The van der Waals surface area contributed by atoms with Crippen molar-refractivity contribution in [3.63, 3.8) is 0 Å². The van der Waals surface area contributed by atoms with Crippen LogP contribution in [-0.4, -0.2) is 128 Å². The fraction of sp³-hybridized carbons (Fsp3) is 0.562. The first kappa shape index (κ1) is 32.9. The van der Waals surface area contributed by atoms with Crippen molar-refractivity contribution < 1.29 is 23.0 Å². The first-order chi connectivity index (χ1) is 19.0. The first-order valence-corrected chi connectivity index (χ1v) is 15.1. The molecule has 1 aliphatic carbocycles. The number of quaternary nitrogens is 3. The van der Waals surface area contributed by atoms with E-state index in [0.717, 1.165) is 52.3 Å². The summed E-state index contributed by atoms with van der Waals surface area (Å²) < 4.78 is 2.59. The van der Waals surface area contributed by atoms with Crippen LogP contribution in [-0.2, 0) is 0 Å². The molecule has 0 radical (unpaired) electrons. The Bertz CT molecular complexity index is 1250. The molecular formula is C32H52ClN6O2+3. The Hall–Kier alpha value is -2.65. The average molecular weight is 588 g/mol. The van der Waals surface area contributed by atoms with Gasteiger partial charge in [0, 0.05) is 56.0 Å². The Morgan fingerprint density at radius 2 is 0.805 bits per heavy atom. The van der Waals surface area contributed by atoms with Crippen LogP contribution < -0.4 is 16.0 Å². The zero-order chi connectivity index (χ0) is 30.6. The molecule has 0 atom stereocenters. The van der Waals surface area contributed by atoms with Crippen molar-refractivity contribution in [1.29, 1.82) is 0 Å². The summed E-state index contributed by atoms with van der Waals surface area (Å²) in [5.74, 6) is -0.381. The van der Waals surface area contributed by atoms with Crippen molar-refractivity contribution in [2.24, 2.45) is 0 Å². The fourth-order valence-corrected chi connectivity index (χ4v) is 5.37. The number of nitrogens with zero attached hydrogens (tertiary/aromatic N) is 3. The summed E-state index contributed by atoms with van der Waals surface area (Å²) in [6, 6.07) is 7.40. The molecule has 0 bridgehead atoms. The van der Waals surface area contributed by atoms with E-state index in [1.54, 1.807) is 6.07 Å². The molecule has 2 aromatic rings.